The molecule has 0 amide bonds. The number of aliphatic hydroxyl groups is 2. The molecule has 1 aromatic carbocycles. The summed E-state index contributed by atoms with van der Waals surface area (Å²) in [5.74, 6) is -0.00119. The minimum absolute atomic E-state index is 0.00119. The van der Waals surface area contributed by atoms with Crippen LogP contribution in [-0.2, 0) is 11.2 Å². The van der Waals surface area contributed by atoms with Crippen molar-refractivity contribution in [1.29, 1.82) is 0 Å². The minimum Gasteiger partial charge on any atom is -0.387 e. The zero-order valence-electron chi connectivity index (χ0n) is 9.41. The summed E-state index contributed by atoms with van der Waals surface area (Å²) in [4.78, 5) is 0. The highest BCUT2D eigenvalue weighted by molar-refractivity contribution is 5.14. The molecule has 16 heavy (non-hydrogen) atoms. The summed E-state index contributed by atoms with van der Waals surface area (Å²) >= 11 is 0. The lowest BCUT2D eigenvalue weighted by Crippen LogP contribution is -2.25. The van der Waals surface area contributed by atoms with Crippen LogP contribution >= 0.6 is 0 Å². The predicted molar refractivity (Wildman–Crippen MR) is 60.8 cm³/mol. The van der Waals surface area contributed by atoms with Crippen LogP contribution in [0.2, 0.25) is 0 Å². The molecule has 0 aliphatic carbocycles. The third kappa shape index (κ3) is 2.43. The first kappa shape index (κ1) is 11.6. The lowest BCUT2D eigenvalue weighted by molar-refractivity contribution is -0.127. The fourth-order valence-electron chi connectivity index (χ4n) is 2.15. The quantitative estimate of drug-likeness (QED) is 0.811. The molecule has 1 saturated heterocycles. The van der Waals surface area contributed by atoms with E-state index in [4.69, 9.17) is 4.74 Å². The van der Waals surface area contributed by atoms with Crippen molar-refractivity contribution in [3.8, 4) is 0 Å². The standard InChI is InChI=1S/C13H18O3/c1-9-11(16-13(15)12(9)14)8-7-10-5-3-2-4-6-10/h2-6,9,11-15H,7-8H2,1H3/t9?,11-,12?,13+/m1/s1. The molecule has 4 atom stereocenters. The van der Waals surface area contributed by atoms with E-state index in [0.29, 0.717) is 0 Å². The molecule has 1 aromatic rings. The summed E-state index contributed by atoms with van der Waals surface area (Å²) in [6.07, 6.45) is -0.0732. The van der Waals surface area contributed by atoms with E-state index in [1.54, 1.807) is 0 Å². The third-order valence-corrected chi connectivity index (χ3v) is 3.29. The Labute approximate surface area is 95.7 Å². The Balaban J connectivity index is 1.87. The van der Waals surface area contributed by atoms with Crippen LogP contribution in [0.1, 0.15) is 18.9 Å². The molecule has 2 N–H and O–H groups in total. The van der Waals surface area contributed by atoms with Gasteiger partial charge in [-0.3, -0.25) is 0 Å². The van der Waals surface area contributed by atoms with Crippen LogP contribution in [0.25, 0.3) is 0 Å². The fourth-order valence-corrected chi connectivity index (χ4v) is 2.15. The van der Waals surface area contributed by atoms with Gasteiger partial charge in [-0.25, -0.2) is 0 Å². The van der Waals surface area contributed by atoms with Gasteiger partial charge in [0.1, 0.15) is 6.10 Å². The Hall–Kier alpha value is -0.900. The van der Waals surface area contributed by atoms with Crippen molar-refractivity contribution in [2.24, 2.45) is 5.92 Å². The van der Waals surface area contributed by atoms with Crippen LogP contribution in [0.4, 0.5) is 0 Å². The SMILES string of the molecule is CC1C(O)[C@@H](O)O[C@@H]1CCc1ccccc1. The van der Waals surface area contributed by atoms with Crippen LogP contribution in [0.5, 0.6) is 0 Å². The lowest BCUT2D eigenvalue weighted by Gasteiger charge is -2.14. The van der Waals surface area contributed by atoms with E-state index in [1.165, 1.54) is 5.56 Å². The number of aliphatic hydroxyl groups excluding tert-OH is 2. The molecule has 1 aliphatic rings. The molecule has 1 aliphatic heterocycles. The van der Waals surface area contributed by atoms with Crippen molar-refractivity contribution in [3.63, 3.8) is 0 Å². The first-order chi connectivity index (χ1) is 7.68. The first-order valence-electron chi connectivity index (χ1n) is 5.74. The highest BCUT2D eigenvalue weighted by Crippen LogP contribution is 2.28. The van der Waals surface area contributed by atoms with Crippen molar-refractivity contribution in [2.75, 3.05) is 0 Å². The van der Waals surface area contributed by atoms with E-state index in [2.05, 4.69) is 12.1 Å². The molecule has 0 radical (unpaired) electrons. The molecule has 88 valence electrons. The van der Waals surface area contributed by atoms with Gasteiger partial charge in [0.25, 0.3) is 0 Å². The zero-order valence-corrected chi connectivity index (χ0v) is 9.41. The molecule has 2 unspecified atom stereocenters. The summed E-state index contributed by atoms with van der Waals surface area (Å²) in [5.41, 5.74) is 1.26. The van der Waals surface area contributed by atoms with Crippen LogP contribution in [0.3, 0.4) is 0 Å². The van der Waals surface area contributed by atoms with Gasteiger partial charge in [0.2, 0.25) is 0 Å². The van der Waals surface area contributed by atoms with Crippen LogP contribution in [0.15, 0.2) is 30.3 Å². The average molecular weight is 222 g/mol. The van der Waals surface area contributed by atoms with Gasteiger partial charge in [0.05, 0.1) is 6.10 Å². The smallest absolute Gasteiger partial charge is 0.181 e. The molecular formula is C13H18O3. The van der Waals surface area contributed by atoms with E-state index in [9.17, 15) is 10.2 Å². The van der Waals surface area contributed by atoms with E-state index in [0.717, 1.165) is 12.8 Å². The minimum atomic E-state index is -1.02. The van der Waals surface area contributed by atoms with Gasteiger partial charge < -0.3 is 14.9 Å². The second-order valence-electron chi connectivity index (χ2n) is 4.44. The summed E-state index contributed by atoms with van der Waals surface area (Å²) in [6.45, 7) is 1.91. The Morgan fingerprint density at radius 1 is 1.19 bits per heavy atom. The summed E-state index contributed by atoms with van der Waals surface area (Å²) in [6, 6.07) is 10.2. The van der Waals surface area contributed by atoms with Crippen LogP contribution < -0.4 is 0 Å². The molecule has 2 rings (SSSR count). The Kier molecular flexibility index (Phi) is 3.59. The van der Waals surface area contributed by atoms with Crippen molar-refractivity contribution in [3.05, 3.63) is 35.9 Å². The molecule has 0 saturated carbocycles. The largest absolute Gasteiger partial charge is 0.387 e. The van der Waals surface area contributed by atoms with Crippen molar-refractivity contribution in [2.45, 2.75) is 38.3 Å². The number of rotatable bonds is 3. The predicted octanol–water partition coefficient (Wildman–Crippen LogP) is 1.33. The van der Waals surface area contributed by atoms with Crippen LogP contribution in [0, 0.1) is 5.92 Å². The molecule has 1 heterocycles. The number of aryl methyl sites for hydroxylation is 1. The molecule has 0 spiro atoms. The van der Waals surface area contributed by atoms with Gasteiger partial charge in [0.15, 0.2) is 6.29 Å². The fraction of sp³-hybridized carbons (Fsp3) is 0.538. The molecule has 1 fully saturated rings. The maximum Gasteiger partial charge on any atom is 0.181 e. The number of hydrogen-bond donors (Lipinski definition) is 2. The maximum absolute atomic E-state index is 9.56. The maximum atomic E-state index is 9.56. The Bertz CT molecular complexity index is 325. The van der Waals surface area contributed by atoms with Gasteiger partial charge in [-0.15, -0.1) is 0 Å². The van der Waals surface area contributed by atoms with Crippen molar-refractivity contribution in [1.82, 2.24) is 0 Å². The summed E-state index contributed by atoms with van der Waals surface area (Å²) in [7, 11) is 0. The first-order valence-corrected chi connectivity index (χ1v) is 5.74. The topological polar surface area (TPSA) is 49.7 Å². The van der Waals surface area contributed by atoms with E-state index in [-0.39, 0.29) is 12.0 Å². The average Bonchev–Trinajstić information content (AvgIpc) is 2.56. The molecule has 3 nitrogen and oxygen atoms in total. The van der Waals surface area contributed by atoms with E-state index in [1.807, 2.05) is 25.1 Å². The molecule has 3 heteroatoms. The van der Waals surface area contributed by atoms with Crippen molar-refractivity contribution >= 4 is 0 Å². The summed E-state index contributed by atoms with van der Waals surface area (Å²) in [5, 5.41) is 18.9. The summed E-state index contributed by atoms with van der Waals surface area (Å²) < 4.78 is 5.31. The van der Waals surface area contributed by atoms with Gasteiger partial charge in [-0.1, -0.05) is 37.3 Å². The number of hydrogen-bond acceptors (Lipinski definition) is 3. The van der Waals surface area contributed by atoms with E-state index < -0.39 is 12.4 Å². The number of benzene rings is 1. The lowest BCUT2D eigenvalue weighted by atomic mass is 9.96. The normalized spacial score (nSPS) is 34.2. The van der Waals surface area contributed by atoms with Crippen LogP contribution in [-0.4, -0.2) is 28.7 Å². The van der Waals surface area contributed by atoms with Gasteiger partial charge in [-0.05, 0) is 18.4 Å². The highest BCUT2D eigenvalue weighted by atomic mass is 16.6. The second kappa shape index (κ2) is 4.95. The highest BCUT2D eigenvalue weighted by Gasteiger charge is 2.39. The van der Waals surface area contributed by atoms with E-state index >= 15 is 0 Å². The van der Waals surface area contributed by atoms with Gasteiger partial charge in [0, 0.05) is 5.92 Å². The second-order valence-corrected chi connectivity index (χ2v) is 4.44. The monoisotopic (exact) mass is 222 g/mol. The Morgan fingerprint density at radius 3 is 2.44 bits per heavy atom. The Morgan fingerprint density at radius 2 is 1.88 bits per heavy atom. The zero-order chi connectivity index (χ0) is 11.5. The van der Waals surface area contributed by atoms with Crippen molar-refractivity contribution < 1.29 is 14.9 Å². The molecular weight excluding hydrogens is 204 g/mol. The third-order valence-electron chi connectivity index (χ3n) is 3.29. The van der Waals surface area contributed by atoms with Gasteiger partial charge in [-0.2, -0.15) is 0 Å². The molecule has 0 aromatic heterocycles. The molecule has 0 bridgehead atoms. The van der Waals surface area contributed by atoms with Gasteiger partial charge >= 0.3 is 0 Å². The number of ether oxygens (including phenoxy) is 1.